The van der Waals surface area contributed by atoms with Gasteiger partial charge in [0.05, 0.1) is 6.20 Å². The smallest absolute Gasteiger partial charge is 0.112 e. The van der Waals surface area contributed by atoms with E-state index >= 15 is 0 Å². The first kappa shape index (κ1) is 9.15. The van der Waals surface area contributed by atoms with Crippen molar-refractivity contribution >= 4 is 0 Å². The lowest BCUT2D eigenvalue weighted by Gasteiger charge is -2.00. The summed E-state index contributed by atoms with van der Waals surface area (Å²) in [4.78, 5) is 0. The first-order chi connectivity index (χ1) is 5.77. The maximum absolute atomic E-state index is 9.27. The Balaban J connectivity index is 2.63. The molecule has 1 atom stereocenters. The highest BCUT2D eigenvalue weighted by atomic mass is 16.3. The molecule has 0 radical (unpaired) electrons. The number of rotatable bonds is 4. The van der Waals surface area contributed by atoms with E-state index in [9.17, 15) is 5.11 Å². The molecular formula is C7H14N4O. The lowest BCUT2D eigenvalue weighted by molar-refractivity contribution is 0.181. The Hall–Kier alpha value is -0.940. The van der Waals surface area contributed by atoms with Crippen LogP contribution in [0.5, 0.6) is 0 Å². The molecular weight excluding hydrogens is 156 g/mol. The van der Waals surface area contributed by atoms with Gasteiger partial charge in [-0.05, 0) is 6.42 Å². The zero-order chi connectivity index (χ0) is 8.97. The third-order valence-electron chi connectivity index (χ3n) is 1.57. The normalized spacial score (nSPS) is 13.2. The second-order valence-electron chi connectivity index (χ2n) is 2.66. The van der Waals surface area contributed by atoms with E-state index in [4.69, 9.17) is 5.73 Å². The van der Waals surface area contributed by atoms with Gasteiger partial charge in [-0.1, -0.05) is 12.1 Å². The van der Waals surface area contributed by atoms with Crippen LogP contribution in [0.2, 0.25) is 0 Å². The maximum Gasteiger partial charge on any atom is 0.112 e. The Morgan fingerprint density at radius 3 is 3.08 bits per heavy atom. The van der Waals surface area contributed by atoms with Gasteiger partial charge < -0.3 is 10.8 Å². The van der Waals surface area contributed by atoms with Crippen molar-refractivity contribution in [1.29, 1.82) is 0 Å². The molecule has 0 aliphatic carbocycles. The van der Waals surface area contributed by atoms with Gasteiger partial charge in [0, 0.05) is 13.1 Å². The van der Waals surface area contributed by atoms with Crippen LogP contribution in [0.25, 0.3) is 0 Å². The predicted octanol–water partition coefficient (Wildman–Crippen LogP) is -0.320. The topological polar surface area (TPSA) is 77.0 Å². The second-order valence-corrected chi connectivity index (χ2v) is 2.66. The zero-order valence-electron chi connectivity index (χ0n) is 7.14. The number of aromatic nitrogens is 3. The van der Waals surface area contributed by atoms with Crippen LogP contribution < -0.4 is 5.73 Å². The SMILES string of the molecule is CCCn1cc([C@H](O)CN)nn1. The Morgan fingerprint density at radius 2 is 2.50 bits per heavy atom. The fourth-order valence-electron chi connectivity index (χ4n) is 0.925. The minimum Gasteiger partial charge on any atom is -0.385 e. The first-order valence-electron chi connectivity index (χ1n) is 4.06. The van der Waals surface area contributed by atoms with Gasteiger partial charge in [0.15, 0.2) is 0 Å². The molecule has 12 heavy (non-hydrogen) atoms. The van der Waals surface area contributed by atoms with Crippen LogP contribution >= 0.6 is 0 Å². The predicted molar refractivity (Wildman–Crippen MR) is 44.3 cm³/mol. The lowest BCUT2D eigenvalue weighted by Crippen LogP contribution is -2.11. The molecule has 3 N–H and O–H groups in total. The summed E-state index contributed by atoms with van der Waals surface area (Å²) in [6, 6.07) is 0. The average Bonchev–Trinajstić information content (AvgIpc) is 2.52. The molecule has 68 valence electrons. The van der Waals surface area contributed by atoms with E-state index in [0.29, 0.717) is 5.69 Å². The van der Waals surface area contributed by atoms with Crippen LogP contribution in [0.4, 0.5) is 0 Å². The minimum atomic E-state index is -0.685. The van der Waals surface area contributed by atoms with Gasteiger partial charge in [0.1, 0.15) is 11.8 Å². The van der Waals surface area contributed by atoms with Crippen molar-refractivity contribution in [3.05, 3.63) is 11.9 Å². The molecule has 0 unspecified atom stereocenters. The third-order valence-corrected chi connectivity index (χ3v) is 1.57. The molecule has 0 aromatic carbocycles. The summed E-state index contributed by atoms with van der Waals surface area (Å²) in [6.45, 7) is 3.07. The molecule has 5 heteroatoms. The Labute approximate surface area is 71.2 Å². The van der Waals surface area contributed by atoms with Gasteiger partial charge in [0.25, 0.3) is 0 Å². The largest absolute Gasteiger partial charge is 0.385 e. The molecule has 1 aromatic rings. The van der Waals surface area contributed by atoms with Gasteiger partial charge in [-0.15, -0.1) is 5.10 Å². The van der Waals surface area contributed by atoms with Crippen LogP contribution in [0.15, 0.2) is 6.20 Å². The summed E-state index contributed by atoms with van der Waals surface area (Å²) in [5.74, 6) is 0. The minimum absolute atomic E-state index is 0.185. The van der Waals surface area contributed by atoms with Crippen molar-refractivity contribution < 1.29 is 5.11 Å². The molecule has 0 saturated carbocycles. The van der Waals surface area contributed by atoms with Gasteiger partial charge in [0.2, 0.25) is 0 Å². The monoisotopic (exact) mass is 170 g/mol. The fraction of sp³-hybridized carbons (Fsp3) is 0.714. The molecule has 0 aliphatic rings. The maximum atomic E-state index is 9.27. The van der Waals surface area contributed by atoms with Gasteiger partial charge in [-0.25, -0.2) is 0 Å². The average molecular weight is 170 g/mol. The van der Waals surface area contributed by atoms with Gasteiger partial charge in [-0.2, -0.15) is 0 Å². The lowest BCUT2D eigenvalue weighted by atomic mass is 10.3. The van der Waals surface area contributed by atoms with Crippen LogP contribution in [0.1, 0.15) is 25.1 Å². The van der Waals surface area contributed by atoms with E-state index < -0.39 is 6.10 Å². The van der Waals surface area contributed by atoms with Crippen molar-refractivity contribution in [3.8, 4) is 0 Å². The molecule has 0 aliphatic heterocycles. The van der Waals surface area contributed by atoms with Crippen LogP contribution in [0.3, 0.4) is 0 Å². The Morgan fingerprint density at radius 1 is 1.75 bits per heavy atom. The molecule has 0 amide bonds. The Bertz CT molecular complexity index is 235. The first-order valence-corrected chi connectivity index (χ1v) is 4.06. The van der Waals surface area contributed by atoms with Crippen LogP contribution in [-0.4, -0.2) is 26.6 Å². The summed E-state index contributed by atoms with van der Waals surface area (Å²) in [5.41, 5.74) is 5.81. The molecule has 0 fully saturated rings. The van der Waals surface area contributed by atoms with Crippen LogP contribution in [-0.2, 0) is 6.54 Å². The van der Waals surface area contributed by atoms with E-state index in [2.05, 4.69) is 17.2 Å². The number of nitrogens with two attached hydrogens (primary N) is 1. The summed E-state index contributed by atoms with van der Waals surface area (Å²) in [5, 5.41) is 16.9. The van der Waals surface area contributed by atoms with E-state index in [-0.39, 0.29) is 6.54 Å². The zero-order valence-corrected chi connectivity index (χ0v) is 7.14. The van der Waals surface area contributed by atoms with Crippen molar-refractivity contribution in [2.45, 2.75) is 26.0 Å². The summed E-state index contributed by atoms with van der Waals surface area (Å²) >= 11 is 0. The highest BCUT2D eigenvalue weighted by molar-refractivity contribution is 4.97. The highest BCUT2D eigenvalue weighted by Gasteiger charge is 2.08. The van der Waals surface area contributed by atoms with Crippen LogP contribution in [0, 0.1) is 0 Å². The van der Waals surface area contributed by atoms with Crippen molar-refractivity contribution in [3.63, 3.8) is 0 Å². The number of aliphatic hydroxyl groups excluding tert-OH is 1. The van der Waals surface area contributed by atoms with E-state index in [1.54, 1.807) is 10.9 Å². The molecule has 0 saturated heterocycles. The molecule has 1 rings (SSSR count). The van der Waals surface area contributed by atoms with E-state index in [1.165, 1.54) is 0 Å². The Kier molecular flexibility index (Phi) is 3.19. The summed E-state index contributed by atoms with van der Waals surface area (Å²) < 4.78 is 1.70. The van der Waals surface area contributed by atoms with Gasteiger partial charge in [-0.3, -0.25) is 4.68 Å². The fourth-order valence-corrected chi connectivity index (χ4v) is 0.925. The van der Waals surface area contributed by atoms with Gasteiger partial charge >= 0.3 is 0 Å². The third kappa shape index (κ3) is 2.02. The van der Waals surface area contributed by atoms with E-state index in [1.807, 2.05) is 0 Å². The van der Waals surface area contributed by atoms with E-state index in [0.717, 1.165) is 13.0 Å². The number of aliphatic hydroxyl groups is 1. The summed E-state index contributed by atoms with van der Waals surface area (Å²) in [6.07, 6.45) is 2.04. The number of hydrogen-bond acceptors (Lipinski definition) is 4. The number of aryl methyl sites for hydroxylation is 1. The molecule has 1 heterocycles. The quantitative estimate of drug-likeness (QED) is 0.649. The molecule has 0 bridgehead atoms. The second kappa shape index (κ2) is 4.18. The molecule has 0 spiro atoms. The number of hydrogen-bond donors (Lipinski definition) is 2. The molecule has 1 aromatic heterocycles. The highest BCUT2D eigenvalue weighted by Crippen LogP contribution is 2.05. The van der Waals surface area contributed by atoms with Crippen molar-refractivity contribution in [1.82, 2.24) is 15.0 Å². The van der Waals surface area contributed by atoms with Crippen molar-refractivity contribution in [2.75, 3.05) is 6.54 Å². The van der Waals surface area contributed by atoms with Crippen molar-refractivity contribution in [2.24, 2.45) is 5.73 Å². The summed E-state index contributed by atoms with van der Waals surface area (Å²) in [7, 11) is 0. The standard InChI is InChI=1S/C7H14N4O/c1-2-3-11-5-6(9-10-11)7(12)4-8/h5,7,12H,2-4,8H2,1H3/t7-/m1/s1. The number of nitrogens with zero attached hydrogens (tertiary/aromatic N) is 3. The molecule has 5 nitrogen and oxygen atoms in total.